The molecular weight excluding hydrogens is 336 g/mol. The summed E-state index contributed by atoms with van der Waals surface area (Å²) in [6, 6.07) is 9.35. The molecular formula is C20H19ClN2O2. The number of anilines is 2. The van der Waals surface area contributed by atoms with Gasteiger partial charge in [0.25, 0.3) is 5.91 Å². The second-order valence-electron chi connectivity index (χ2n) is 6.71. The molecule has 2 aromatic carbocycles. The molecule has 0 fully saturated rings. The maximum absolute atomic E-state index is 12.7. The molecule has 0 saturated heterocycles. The van der Waals surface area contributed by atoms with Crippen LogP contribution in [0.4, 0.5) is 11.4 Å². The van der Waals surface area contributed by atoms with Gasteiger partial charge in [-0.25, -0.2) is 0 Å². The highest BCUT2D eigenvalue weighted by Gasteiger charge is 2.30. The Morgan fingerprint density at radius 1 is 1.12 bits per heavy atom. The van der Waals surface area contributed by atoms with Crippen molar-refractivity contribution in [3.8, 4) is 0 Å². The Hall–Kier alpha value is -2.33. The number of carbonyl (C=O) groups excluding carboxylic acids is 2. The highest BCUT2D eigenvalue weighted by molar-refractivity contribution is 6.31. The number of nitrogens with zero attached hydrogens (tertiary/aromatic N) is 1. The first-order valence-corrected chi connectivity index (χ1v) is 8.94. The van der Waals surface area contributed by atoms with E-state index >= 15 is 0 Å². The van der Waals surface area contributed by atoms with Crippen molar-refractivity contribution < 1.29 is 9.59 Å². The van der Waals surface area contributed by atoms with Crippen LogP contribution < -0.4 is 10.2 Å². The van der Waals surface area contributed by atoms with Crippen LogP contribution in [0.5, 0.6) is 0 Å². The average molecular weight is 355 g/mol. The summed E-state index contributed by atoms with van der Waals surface area (Å²) in [5, 5.41) is 3.55. The molecule has 4 rings (SSSR count). The summed E-state index contributed by atoms with van der Waals surface area (Å²) in [7, 11) is 0. The number of amides is 2. The van der Waals surface area contributed by atoms with Gasteiger partial charge < -0.3 is 10.2 Å². The summed E-state index contributed by atoms with van der Waals surface area (Å²) in [6.07, 6.45) is 3.07. The molecule has 1 N–H and O–H groups in total. The quantitative estimate of drug-likeness (QED) is 0.881. The lowest BCUT2D eigenvalue weighted by molar-refractivity contribution is -0.119. The Labute approximate surface area is 151 Å². The summed E-state index contributed by atoms with van der Waals surface area (Å²) >= 11 is 6.13. The summed E-state index contributed by atoms with van der Waals surface area (Å²) in [6.45, 7) is 2.71. The zero-order chi connectivity index (χ0) is 17.6. The molecule has 0 radical (unpaired) electrons. The minimum atomic E-state index is -0.145. The van der Waals surface area contributed by atoms with E-state index < -0.39 is 0 Å². The first kappa shape index (κ1) is 16.2. The van der Waals surface area contributed by atoms with E-state index in [1.807, 2.05) is 36.1 Å². The van der Waals surface area contributed by atoms with E-state index in [1.165, 1.54) is 0 Å². The Balaban J connectivity index is 1.66. The number of halogens is 1. The van der Waals surface area contributed by atoms with Crippen LogP contribution >= 0.6 is 11.6 Å². The molecule has 0 spiro atoms. The lowest BCUT2D eigenvalue weighted by atomic mass is 9.89. The fourth-order valence-electron chi connectivity index (χ4n) is 3.66. The number of benzene rings is 2. The van der Waals surface area contributed by atoms with E-state index in [0.717, 1.165) is 41.8 Å². The maximum atomic E-state index is 12.7. The highest BCUT2D eigenvalue weighted by atomic mass is 35.5. The molecule has 0 unspecified atom stereocenters. The molecule has 4 nitrogen and oxygen atoms in total. The lowest BCUT2D eigenvalue weighted by Gasteiger charge is -2.35. The molecule has 128 valence electrons. The molecule has 2 aliphatic heterocycles. The van der Waals surface area contributed by atoms with Crippen LogP contribution in [0.15, 0.2) is 30.3 Å². The molecule has 5 heteroatoms. The van der Waals surface area contributed by atoms with Gasteiger partial charge in [0.15, 0.2) is 0 Å². The van der Waals surface area contributed by atoms with E-state index in [2.05, 4.69) is 5.32 Å². The van der Waals surface area contributed by atoms with Gasteiger partial charge in [0.1, 0.15) is 0 Å². The normalized spacial score (nSPS) is 15.8. The second kappa shape index (κ2) is 6.19. The second-order valence-corrected chi connectivity index (χ2v) is 7.12. The van der Waals surface area contributed by atoms with Gasteiger partial charge in [-0.1, -0.05) is 17.7 Å². The Bertz CT molecular complexity index is 874. The summed E-state index contributed by atoms with van der Waals surface area (Å²) < 4.78 is 0. The molecule has 2 aromatic rings. The zero-order valence-electron chi connectivity index (χ0n) is 14.1. The first-order chi connectivity index (χ1) is 12.0. The number of hydrogen-bond acceptors (Lipinski definition) is 2. The van der Waals surface area contributed by atoms with Gasteiger partial charge in [-0.05, 0) is 67.1 Å². The van der Waals surface area contributed by atoms with Crippen molar-refractivity contribution in [3.05, 3.63) is 57.6 Å². The van der Waals surface area contributed by atoms with Crippen molar-refractivity contribution in [1.82, 2.24) is 0 Å². The first-order valence-electron chi connectivity index (χ1n) is 8.56. The van der Waals surface area contributed by atoms with Crippen LogP contribution in [0.2, 0.25) is 5.02 Å². The molecule has 25 heavy (non-hydrogen) atoms. The van der Waals surface area contributed by atoms with Crippen molar-refractivity contribution in [3.63, 3.8) is 0 Å². The van der Waals surface area contributed by atoms with E-state index in [-0.39, 0.29) is 11.8 Å². The van der Waals surface area contributed by atoms with Gasteiger partial charge >= 0.3 is 0 Å². The molecule has 0 saturated carbocycles. The number of hydrogen-bond donors (Lipinski definition) is 1. The van der Waals surface area contributed by atoms with Crippen molar-refractivity contribution in [2.75, 3.05) is 16.8 Å². The Kier molecular flexibility index (Phi) is 4.00. The third-order valence-electron chi connectivity index (χ3n) is 4.97. The number of nitrogens with one attached hydrogen (secondary N) is 1. The van der Waals surface area contributed by atoms with Crippen molar-refractivity contribution in [1.29, 1.82) is 0 Å². The molecule has 2 aliphatic rings. The minimum absolute atomic E-state index is 0.145. The van der Waals surface area contributed by atoms with E-state index in [9.17, 15) is 9.59 Å². The monoisotopic (exact) mass is 354 g/mol. The van der Waals surface area contributed by atoms with Gasteiger partial charge in [-0.3, -0.25) is 9.59 Å². The van der Waals surface area contributed by atoms with Gasteiger partial charge in [0.05, 0.1) is 5.69 Å². The highest BCUT2D eigenvalue weighted by Crippen LogP contribution is 2.36. The molecule has 0 bridgehead atoms. The van der Waals surface area contributed by atoms with Crippen molar-refractivity contribution >= 4 is 34.8 Å². The van der Waals surface area contributed by atoms with E-state index in [1.54, 1.807) is 6.07 Å². The van der Waals surface area contributed by atoms with Crippen LogP contribution in [0.3, 0.4) is 0 Å². The van der Waals surface area contributed by atoms with Gasteiger partial charge in [0.2, 0.25) is 5.91 Å². The topological polar surface area (TPSA) is 49.4 Å². The molecule has 0 aliphatic carbocycles. The SMILES string of the molecule is Cc1ccc(NC(=O)c2cc3c4c(c2)CCC(=O)N4CCC3)cc1Cl. The van der Waals surface area contributed by atoms with Gasteiger partial charge in [-0.15, -0.1) is 0 Å². The van der Waals surface area contributed by atoms with Crippen LogP contribution in [-0.2, 0) is 17.6 Å². The van der Waals surface area contributed by atoms with Crippen LogP contribution in [0.25, 0.3) is 0 Å². The van der Waals surface area contributed by atoms with Gasteiger partial charge in [0, 0.05) is 29.2 Å². The fraction of sp³-hybridized carbons (Fsp3) is 0.300. The molecule has 0 aromatic heterocycles. The van der Waals surface area contributed by atoms with E-state index in [0.29, 0.717) is 29.1 Å². The van der Waals surface area contributed by atoms with Crippen molar-refractivity contribution in [2.24, 2.45) is 0 Å². The maximum Gasteiger partial charge on any atom is 0.255 e. The Morgan fingerprint density at radius 3 is 2.64 bits per heavy atom. The van der Waals surface area contributed by atoms with Crippen LogP contribution in [0, 0.1) is 6.92 Å². The third-order valence-corrected chi connectivity index (χ3v) is 5.37. The standard InChI is InChI=1S/C20H19ClN2O2/c1-12-4-6-16(11-17(12)21)22-20(25)15-9-13-3-2-8-23-18(24)7-5-14(10-15)19(13)23/h4,6,9-11H,2-3,5,7-8H2,1H3,(H,22,25). The van der Waals surface area contributed by atoms with Crippen molar-refractivity contribution in [2.45, 2.75) is 32.6 Å². The summed E-state index contributed by atoms with van der Waals surface area (Å²) in [5.74, 6) is 0.0490. The number of rotatable bonds is 2. The van der Waals surface area contributed by atoms with Crippen LogP contribution in [-0.4, -0.2) is 18.4 Å². The predicted molar refractivity (Wildman–Crippen MR) is 99.6 cm³/mol. The minimum Gasteiger partial charge on any atom is -0.322 e. The lowest BCUT2D eigenvalue weighted by Crippen LogP contribution is -2.39. The van der Waals surface area contributed by atoms with Crippen LogP contribution in [0.1, 0.15) is 39.9 Å². The molecule has 2 amide bonds. The summed E-state index contributed by atoms with van der Waals surface area (Å²) in [4.78, 5) is 26.7. The number of aryl methyl sites for hydroxylation is 3. The predicted octanol–water partition coefficient (Wildman–Crippen LogP) is 4.13. The molecule has 0 atom stereocenters. The zero-order valence-corrected chi connectivity index (χ0v) is 14.8. The van der Waals surface area contributed by atoms with E-state index in [4.69, 9.17) is 11.6 Å². The third kappa shape index (κ3) is 2.91. The van der Waals surface area contributed by atoms with Gasteiger partial charge in [-0.2, -0.15) is 0 Å². The summed E-state index contributed by atoms with van der Waals surface area (Å²) in [5.41, 5.74) is 5.54. The smallest absolute Gasteiger partial charge is 0.255 e. The fourth-order valence-corrected chi connectivity index (χ4v) is 3.84. The molecule has 2 heterocycles. The average Bonchev–Trinajstić information content (AvgIpc) is 2.61. The largest absolute Gasteiger partial charge is 0.322 e. The number of carbonyl (C=O) groups is 2. The Morgan fingerprint density at radius 2 is 1.88 bits per heavy atom.